The Kier molecular flexibility index (Phi) is 1.99. The lowest BCUT2D eigenvalue weighted by Gasteiger charge is -2.18. The molecule has 0 unspecified atom stereocenters. The Balaban J connectivity index is 2.43. The van der Waals surface area contributed by atoms with Crippen molar-refractivity contribution in [1.29, 1.82) is 0 Å². The van der Waals surface area contributed by atoms with Crippen molar-refractivity contribution in [2.75, 3.05) is 6.61 Å². The van der Waals surface area contributed by atoms with Crippen molar-refractivity contribution in [3.63, 3.8) is 0 Å². The normalized spacial score (nSPS) is 34.2. The van der Waals surface area contributed by atoms with Crippen LogP contribution < -0.4 is 5.73 Å². The Labute approximate surface area is 61.5 Å². The van der Waals surface area contributed by atoms with E-state index in [0.717, 1.165) is 0 Å². The molecule has 60 valence electrons. The lowest BCUT2D eigenvalue weighted by molar-refractivity contribution is -0.140. The lowest BCUT2D eigenvalue weighted by atomic mass is 10.2. The molecule has 0 aromatic rings. The summed E-state index contributed by atoms with van der Waals surface area (Å²) in [6, 6.07) is 0.0572. The van der Waals surface area contributed by atoms with Crippen LogP contribution >= 0.6 is 0 Å². The van der Waals surface area contributed by atoms with Gasteiger partial charge in [0.05, 0.1) is 12.7 Å². The Hall–Kier alpha value is -0.120. The zero-order chi connectivity index (χ0) is 7.78. The second-order valence-corrected chi connectivity index (χ2v) is 3.23. The molecule has 3 nitrogen and oxygen atoms in total. The summed E-state index contributed by atoms with van der Waals surface area (Å²) >= 11 is 0. The largest absolute Gasteiger partial charge is 0.348 e. The van der Waals surface area contributed by atoms with E-state index < -0.39 is 5.79 Å². The van der Waals surface area contributed by atoms with Crippen LogP contribution in [0.2, 0.25) is 0 Å². The van der Waals surface area contributed by atoms with Crippen LogP contribution in [0.4, 0.5) is 0 Å². The number of rotatable bonds is 1. The molecule has 0 aliphatic carbocycles. The van der Waals surface area contributed by atoms with Gasteiger partial charge in [0.25, 0.3) is 0 Å². The molecule has 2 N–H and O–H groups in total. The smallest absolute Gasteiger partial charge is 0.163 e. The SMILES string of the molecule is C[C@H](N)[C@@H]1COC(C)(C)O1. The van der Waals surface area contributed by atoms with Gasteiger partial charge in [0, 0.05) is 6.04 Å². The third-order valence-electron chi connectivity index (χ3n) is 1.62. The van der Waals surface area contributed by atoms with E-state index in [4.69, 9.17) is 15.2 Å². The highest BCUT2D eigenvalue weighted by molar-refractivity contribution is 4.76. The van der Waals surface area contributed by atoms with Crippen LogP contribution in [0.1, 0.15) is 20.8 Å². The average Bonchev–Trinajstić information content (AvgIpc) is 2.10. The van der Waals surface area contributed by atoms with E-state index >= 15 is 0 Å². The fourth-order valence-electron chi connectivity index (χ4n) is 0.975. The van der Waals surface area contributed by atoms with Crippen LogP contribution in [0.3, 0.4) is 0 Å². The topological polar surface area (TPSA) is 44.5 Å². The molecule has 0 aromatic carbocycles. The van der Waals surface area contributed by atoms with Crippen LogP contribution in [0, 0.1) is 0 Å². The molecule has 1 aliphatic heterocycles. The van der Waals surface area contributed by atoms with Gasteiger partial charge in [-0.05, 0) is 20.8 Å². The number of hydrogen-bond acceptors (Lipinski definition) is 3. The third kappa shape index (κ3) is 1.68. The van der Waals surface area contributed by atoms with Gasteiger partial charge in [0.1, 0.15) is 0 Å². The molecule has 1 fully saturated rings. The standard InChI is InChI=1S/C7H15NO2/c1-5(8)6-4-9-7(2,3)10-6/h5-6H,4,8H2,1-3H3/t5-,6-/m0/s1. The molecular formula is C7H15NO2. The van der Waals surface area contributed by atoms with E-state index in [9.17, 15) is 0 Å². The number of ether oxygens (including phenoxy) is 2. The van der Waals surface area contributed by atoms with E-state index in [1.807, 2.05) is 20.8 Å². The molecule has 2 atom stereocenters. The minimum absolute atomic E-state index is 0.0572. The van der Waals surface area contributed by atoms with Crippen molar-refractivity contribution in [3.8, 4) is 0 Å². The summed E-state index contributed by atoms with van der Waals surface area (Å²) in [5, 5.41) is 0. The maximum Gasteiger partial charge on any atom is 0.163 e. The fourth-order valence-corrected chi connectivity index (χ4v) is 0.975. The summed E-state index contributed by atoms with van der Waals surface area (Å²) in [6.45, 7) is 6.34. The second kappa shape index (κ2) is 2.49. The summed E-state index contributed by atoms with van der Waals surface area (Å²) in [5.74, 6) is -0.432. The van der Waals surface area contributed by atoms with E-state index in [1.165, 1.54) is 0 Å². The quantitative estimate of drug-likeness (QED) is 0.584. The highest BCUT2D eigenvalue weighted by Gasteiger charge is 2.34. The fraction of sp³-hybridized carbons (Fsp3) is 1.00. The average molecular weight is 145 g/mol. The van der Waals surface area contributed by atoms with Crippen molar-refractivity contribution in [3.05, 3.63) is 0 Å². The monoisotopic (exact) mass is 145 g/mol. The highest BCUT2D eigenvalue weighted by atomic mass is 16.7. The predicted molar refractivity (Wildman–Crippen MR) is 38.6 cm³/mol. The second-order valence-electron chi connectivity index (χ2n) is 3.23. The van der Waals surface area contributed by atoms with E-state index in [-0.39, 0.29) is 12.1 Å². The third-order valence-corrected chi connectivity index (χ3v) is 1.62. The number of nitrogens with two attached hydrogens (primary N) is 1. The van der Waals surface area contributed by atoms with Gasteiger partial charge in [0.15, 0.2) is 5.79 Å². The molecule has 1 saturated heterocycles. The zero-order valence-corrected chi connectivity index (χ0v) is 6.76. The summed E-state index contributed by atoms with van der Waals surface area (Å²) in [5.41, 5.74) is 5.61. The molecule has 0 saturated carbocycles. The predicted octanol–water partition coefficient (Wildman–Crippen LogP) is 0.485. The van der Waals surface area contributed by atoms with Gasteiger partial charge in [-0.3, -0.25) is 0 Å². The van der Waals surface area contributed by atoms with E-state index in [2.05, 4.69) is 0 Å². The van der Waals surface area contributed by atoms with Crippen LogP contribution in [0.5, 0.6) is 0 Å². The molecule has 0 spiro atoms. The Bertz CT molecular complexity index is 123. The molecule has 0 aromatic heterocycles. The maximum absolute atomic E-state index is 5.61. The van der Waals surface area contributed by atoms with Crippen molar-refractivity contribution < 1.29 is 9.47 Å². The Morgan fingerprint density at radius 3 is 2.40 bits per heavy atom. The first-order valence-electron chi connectivity index (χ1n) is 3.58. The van der Waals surface area contributed by atoms with Gasteiger partial charge in [-0.15, -0.1) is 0 Å². The molecule has 0 amide bonds. The molecule has 3 heteroatoms. The van der Waals surface area contributed by atoms with E-state index in [1.54, 1.807) is 0 Å². The van der Waals surface area contributed by atoms with Crippen LogP contribution in [-0.2, 0) is 9.47 Å². The summed E-state index contributed by atoms with van der Waals surface area (Å²) in [7, 11) is 0. The minimum Gasteiger partial charge on any atom is -0.348 e. The molecule has 1 rings (SSSR count). The van der Waals surface area contributed by atoms with Crippen molar-refractivity contribution in [1.82, 2.24) is 0 Å². The molecule has 10 heavy (non-hydrogen) atoms. The van der Waals surface area contributed by atoms with Crippen molar-refractivity contribution in [2.24, 2.45) is 5.73 Å². The van der Waals surface area contributed by atoms with E-state index in [0.29, 0.717) is 6.61 Å². The summed E-state index contributed by atoms with van der Waals surface area (Å²) in [6.07, 6.45) is 0.0648. The van der Waals surface area contributed by atoms with Crippen LogP contribution in [0.25, 0.3) is 0 Å². The maximum atomic E-state index is 5.61. The van der Waals surface area contributed by atoms with Crippen LogP contribution in [0.15, 0.2) is 0 Å². The van der Waals surface area contributed by atoms with Gasteiger partial charge in [-0.2, -0.15) is 0 Å². The van der Waals surface area contributed by atoms with Crippen LogP contribution in [-0.4, -0.2) is 24.5 Å². The highest BCUT2D eigenvalue weighted by Crippen LogP contribution is 2.23. The van der Waals surface area contributed by atoms with Gasteiger partial charge in [-0.25, -0.2) is 0 Å². The van der Waals surface area contributed by atoms with Gasteiger partial charge in [-0.1, -0.05) is 0 Å². The van der Waals surface area contributed by atoms with Crippen molar-refractivity contribution in [2.45, 2.75) is 38.7 Å². The zero-order valence-electron chi connectivity index (χ0n) is 6.76. The Morgan fingerprint density at radius 2 is 2.20 bits per heavy atom. The van der Waals surface area contributed by atoms with Crippen molar-refractivity contribution >= 4 is 0 Å². The van der Waals surface area contributed by atoms with Gasteiger partial charge < -0.3 is 15.2 Å². The molecule has 1 heterocycles. The summed E-state index contributed by atoms with van der Waals surface area (Å²) in [4.78, 5) is 0. The van der Waals surface area contributed by atoms with Gasteiger partial charge >= 0.3 is 0 Å². The van der Waals surface area contributed by atoms with Gasteiger partial charge in [0.2, 0.25) is 0 Å². The number of hydrogen-bond donors (Lipinski definition) is 1. The molecular weight excluding hydrogens is 130 g/mol. The molecule has 0 bridgehead atoms. The first-order chi connectivity index (χ1) is 4.51. The molecule has 1 aliphatic rings. The summed E-state index contributed by atoms with van der Waals surface area (Å²) < 4.78 is 10.8. The molecule has 0 radical (unpaired) electrons. The minimum atomic E-state index is -0.432. The first kappa shape index (κ1) is 7.98. The lowest BCUT2D eigenvalue weighted by Crippen LogP contribution is -2.34. The first-order valence-corrected chi connectivity index (χ1v) is 3.58. The Morgan fingerprint density at radius 1 is 1.60 bits per heavy atom.